The minimum atomic E-state index is -0.623. The number of hydrogen-bond donors (Lipinski definition) is 2. The van der Waals surface area contributed by atoms with Crippen molar-refractivity contribution >= 4 is 23.5 Å². The fourth-order valence-corrected chi connectivity index (χ4v) is 1.39. The molecule has 108 valence electrons. The van der Waals surface area contributed by atoms with Gasteiger partial charge in [0.05, 0.1) is 0 Å². The number of methoxy groups -OCH3 is 1. The zero-order valence-corrected chi connectivity index (χ0v) is 11.3. The number of carbonyl (C=O) groups excluding carboxylic acids is 3. The Balaban J connectivity index is 2.53. The van der Waals surface area contributed by atoms with Crippen molar-refractivity contribution in [1.82, 2.24) is 5.32 Å². The van der Waals surface area contributed by atoms with Crippen LogP contribution >= 0.6 is 0 Å². The summed E-state index contributed by atoms with van der Waals surface area (Å²) in [5.41, 5.74) is 0.862. The maximum absolute atomic E-state index is 11.5. The van der Waals surface area contributed by atoms with E-state index in [0.29, 0.717) is 11.3 Å². The molecule has 0 saturated heterocycles. The molecule has 0 unspecified atom stereocenters. The van der Waals surface area contributed by atoms with Gasteiger partial charge in [0.25, 0.3) is 11.8 Å². The molecule has 2 N–H and O–H groups in total. The van der Waals surface area contributed by atoms with Crippen molar-refractivity contribution in [2.75, 3.05) is 32.7 Å². The zero-order chi connectivity index (χ0) is 15.0. The van der Waals surface area contributed by atoms with Crippen molar-refractivity contribution in [3.63, 3.8) is 0 Å². The predicted octanol–water partition coefficient (Wildman–Crippen LogP) is 0.174. The van der Waals surface area contributed by atoms with E-state index in [4.69, 9.17) is 0 Å². The lowest BCUT2D eigenvalue weighted by molar-refractivity contribution is -0.150. The van der Waals surface area contributed by atoms with Crippen molar-refractivity contribution in [2.24, 2.45) is 0 Å². The molecule has 7 nitrogen and oxygen atoms in total. The van der Waals surface area contributed by atoms with Crippen LogP contribution in [0, 0.1) is 0 Å². The largest absolute Gasteiger partial charge is 0.454 e. The van der Waals surface area contributed by atoms with Crippen LogP contribution in [0.2, 0.25) is 0 Å². The molecule has 0 aliphatic rings. The normalized spacial score (nSPS) is 9.70. The molecule has 7 heteroatoms. The Labute approximate surface area is 116 Å². The fourth-order valence-electron chi connectivity index (χ4n) is 1.39. The second-order valence-electron chi connectivity index (χ2n) is 3.80. The van der Waals surface area contributed by atoms with Gasteiger partial charge in [0.15, 0.2) is 6.61 Å². The lowest BCUT2D eigenvalue weighted by Gasteiger charge is -2.07. The van der Waals surface area contributed by atoms with Crippen LogP contribution in [0.4, 0.5) is 5.69 Å². The number of carbonyl (C=O) groups is 3. The minimum absolute atomic E-state index is 0.209. The molecular formula is C13H16N2O5. The summed E-state index contributed by atoms with van der Waals surface area (Å²) >= 11 is 0. The molecule has 0 heterocycles. The van der Waals surface area contributed by atoms with Gasteiger partial charge in [0.1, 0.15) is 6.61 Å². The summed E-state index contributed by atoms with van der Waals surface area (Å²) in [5.74, 6) is -1.38. The molecule has 0 aliphatic heterocycles. The number of rotatable bonds is 6. The summed E-state index contributed by atoms with van der Waals surface area (Å²) in [6.45, 7) is -0.619. The van der Waals surface area contributed by atoms with E-state index in [9.17, 15) is 14.4 Å². The SMILES string of the molecule is CNC(=O)c1cccc(NC(=O)COC(=O)COC)c1. The van der Waals surface area contributed by atoms with Crippen molar-refractivity contribution in [3.8, 4) is 0 Å². The van der Waals surface area contributed by atoms with E-state index in [1.165, 1.54) is 20.2 Å². The van der Waals surface area contributed by atoms with E-state index >= 15 is 0 Å². The third-order valence-electron chi connectivity index (χ3n) is 2.26. The lowest BCUT2D eigenvalue weighted by Crippen LogP contribution is -2.23. The molecule has 2 amide bonds. The van der Waals surface area contributed by atoms with E-state index in [-0.39, 0.29) is 12.5 Å². The average Bonchev–Trinajstić information content (AvgIpc) is 2.45. The van der Waals surface area contributed by atoms with E-state index < -0.39 is 18.5 Å². The molecule has 0 spiro atoms. The molecule has 1 rings (SSSR count). The standard InChI is InChI=1S/C13H16N2O5/c1-14-13(18)9-4-3-5-10(6-9)15-11(16)7-20-12(17)8-19-2/h3-6H,7-8H2,1-2H3,(H,14,18)(H,15,16). The molecule has 1 aromatic rings. The molecule has 0 bridgehead atoms. The molecule has 20 heavy (non-hydrogen) atoms. The molecule has 0 fully saturated rings. The molecule has 0 aromatic heterocycles. The topological polar surface area (TPSA) is 93.7 Å². The van der Waals surface area contributed by atoms with Crippen LogP contribution in [0.25, 0.3) is 0 Å². The van der Waals surface area contributed by atoms with E-state index in [0.717, 1.165) is 0 Å². The van der Waals surface area contributed by atoms with Crippen LogP contribution < -0.4 is 10.6 Å². The van der Waals surface area contributed by atoms with Crippen LogP contribution in [0.1, 0.15) is 10.4 Å². The van der Waals surface area contributed by atoms with Gasteiger partial charge < -0.3 is 20.1 Å². The van der Waals surface area contributed by atoms with Gasteiger partial charge in [-0.15, -0.1) is 0 Å². The number of amides is 2. The summed E-state index contributed by atoms with van der Waals surface area (Å²) in [5, 5.41) is 5.00. The zero-order valence-electron chi connectivity index (χ0n) is 11.3. The van der Waals surface area contributed by atoms with E-state index in [1.54, 1.807) is 18.2 Å². The van der Waals surface area contributed by atoms with E-state index in [2.05, 4.69) is 20.1 Å². The summed E-state index contributed by atoms with van der Waals surface area (Å²) < 4.78 is 9.22. The van der Waals surface area contributed by atoms with Gasteiger partial charge in [-0.2, -0.15) is 0 Å². The lowest BCUT2D eigenvalue weighted by atomic mass is 10.2. The summed E-state index contributed by atoms with van der Waals surface area (Å²) in [4.78, 5) is 34.0. The number of nitrogens with one attached hydrogen (secondary N) is 2. The van der Waals surface area contributed by atoms with Gasteiger partial charge in [-0.1, -0.05) is 6.07 Å². The Morgan fingerprint density at radius 2 is 1.95 bits per heavy atom. The first-order valence-corrected chi connectivity index (χ1v) is 5.83. The van der Waals surface area contributed by atoms with Crippen molar-refractivity contribution in [1.29, 1.82) is 0 Å². The van der Waals surface area contributed by atoms with Crippen LogP contribution in [0.5, 0.6) is 0 Å². The number of benzene rings is 1. The number of hydrogen-bond acceptors (Lipinski definition) is 5. The van der Waals surface area contributed by atoms with Crippen molar-refractivity contribution < 1.29 is 23.9 Å². The highest BCUT2D eigenvalue weighted by atomic mass is 16.6. The fraction of sp³-hybridized carbons (Fsp3) is 0.308. The highest BCUT2D eigenvalue weighted by molar-refractivity contribution is 5.97. The van der Waals surface area contributed by atoms with Crippen LogP contribution in [0.15, 0.2) is 24.3 Å². The maximum atomic E-state index is 11.5. The number of esters is 1. The Bertz CT molecular complexity index is 501. The Kier molecular flexibility index (Phi) is 6.18. The molecule has 0 aliphatic carbocycles. The van der Waals surface area contributed by atoms with Crippen LogP contribution in [0.3, 0.4) is 0 Å². The minimum Gasteiger partial charge on any atom is -0.454 e. The average molecular weight is 280 g/mol. The second kappa shape index (κ2) is 7.90. The summed E-state index contributed by atoms with van der Waals surface area (Å²) in [7, 11) is 2.87. The first-order valence-electron chi connectivity index (χ1n) is 5.83. The van der Waals surface area contributed by atoms with Gasteiger partial charge in [-0.3, -0.25) is 9.59 Å². The van der Waals surface area contributed by atoms with E-state index in [1.807, 2.05) is 0 Å². The highest BCUT2D eigenvalue weighted by Gasteiger charge is 2.09. The van der Waals surface area contributed by atoms with Gasteiger partial charge >= 0.3 is 5.97 Å². The first kappa shape index (κ1) is 15.6. The maximum Gasteiger partial charge on any atom is 0.332 e. The quantitative estimate of drug-likeness (QED) is 0.725. The second-order valence-corrected chi connectivity index (χ2v) is 3.80. The van der Waals surface area contributed by atoms with Gasteiger partial charge in [-0.25, -0.2) is 4.79 Å². The summed E-state index contributed by atoms with van der Waals surface area (Å²) in [6, 6.07) is 6.40. The summed E-state index contributed by atoms with van der Waals surface area (Å²) in [6.07, 6.45) is 0. The highest BCUT2D eigenvalue weighted by Crippen LogP contribution is 2.10. The Hall–Kier alpha value is -2.41. The van der Waals surface area contributed by atoms with Crippen LogP contribution in [-0.2, 0) is 19.1 Å². The number of ether oxygens (including phenoxy) is 2. The van der Waals surface area contributed by atoms with Crippen molar-refractivity contribution in [3.05, 3.63) is 29.8 Å². The molecule has 0 saturated carbocycles. The Morgan fingerprint density at radius 3 is 2.60 bits per heavy atom. The molecular weight excluding hydrogens is 264 g/mol. The monoisotopic (exact) mass is 280 g/mol. The predicted molar refractivity (Wildman–Crippen MR) is 71.3 cm³/mol. The molecule has 0 atom stereocenters. The Morgan fingerprint density at radius 1 is 1.20 bits per heavy atom. The third kappa shape index (κ3) is 5.07. The smallest absolute Gasteiger partial charge is 0.332 e. The van der Waals surface area contributed by atoms with Gasteiger partial charge in [0, 0.05) is 25.4 Å². The van der Waals surface area contributed by atoms with Gasteiger partial charge in [0.2, 0.25) is 0 Å². The molecule has 0 radical (unpaired) electrons. The molecule has 1 aromatic carbocycles. The first-order chi connectivity index (χ1) is 9.56. The van der Waals surface area contributed by atoms with Gasteiger partial charge in [-0.05, 0) is 18.2 Å². The third-order valence-corrected chi connectivity index (χ3v) is 2.26. The van der Waals surface area contributed by atoms with Crippen molar-refractivity contribution in [2.45, 2.75) is 0 Å². The van der Waals surface area contributed by atoms with Crippen LogP contribution in [-0.4, -0.2) is 45.2 Å². The number of anilines is 1.